The van der Waals surface area contributed by atoms with E-state index in [4.69, 9.17) is 0 Å². The van der Waals surface area contributed by atoms with Crippen LogP contribution in [0.1, 0.15) is 58.4 Å². The molecule has 1 aromatic carbocycles. The second-order valence-corrected chi connectivity index (χ2v) is 8.50. The summed E-state index contributed by atoms with van der Waals surface area (Å²) < 4.78 is 0. The van der Waals surface area contributed by atoms with Crippen molar-refractivity contribution in [1.29, 1.82) is 0 Å². The van der Waals surface area contributed by atoms with Crippen LogP contribution in [0.25, 0.3) is 0 Å². The van der Waals surface area contributed by atoms with Crippen molar-refractivity contribution in [2.24, 2.45) is 0 Å². The Morgan fingerprint density at radius 1 is 1.07 bits per heavy atom. The van der Waals surface area contributed by atoms with Gasteiger partial charge >= 0.3 is 0 Å². The van der Waals surface area contributed by atoms with Gasteiger partial charge < -0.3 is 5.32 Å². The number of carbonyl (C=O) groups excluding carboxylic acids is 4. The molecule has 8 heteroatoms. The SMILES string of the molecule is O=C1CCC(N2C(=O)c3ccc(CN4CCNCC45CCC5)cc3C2=O)C(=O)N1. The molecule has 3 heterocycles. The van der Waals surface area contributed by atoms with Crippen LogP contribution in [-0.2, 0) is 16.1 Å². The molecule has 1 atom stereocenters. The maximum Gasteiger partial charge on any atom is 0.262 e. The first-order valence-corrected chi connectivity index (χ1v) is 10.3. The number of carbonyl (C=O) groups is 4. The number of hydrogen-bond acceptors (Lipinski definition) is 6. The van der Waals surface area contributed by atoms with Gasteiger partial charge in [0.25, 0.3) is 11.8 Å². The summed E-state index contributed by atoms with van der Waals surface area (Å²) in [6, 6.07) is 4.49. The fourth-order valence-corrected chi connectivity index (χ4v) is 5.05. The smallest absolute Gasteiger partial charge is 0.262 e. The van der Waals surface area contributed by atoms with Gasteiger partial charge in [-0.3, -0.25) is 34.3 Å². The quantitative estimate of drug-likeness (QED) is 0.719. The van der Waals surface area contributed by atoms with Crippen LogP contribution in [0.2, 0.25) is 0 Å². The number of piperidine rings is 1. The van der Waals surface area contributed by atoms with Gasteiger partial charge in [0.2, 0.25) is 11.8 Å². The Bertz CT molecular complexity index is 923. The van der Waals surface area contributed by atoms with Gasteiger partial charge in [-0.25, -0.2) is 0 Å². The van der Waals surface area contributed by atoms with E-state index in [1.165, 1.54) is 19.3 Å². The second-order valence-electron chi connectivity index (χ2n) is 8.50. The fourth-order valence-electron chi connectivity index (χ4n) is 5.05. The first-order valence-electron chi connectivity index (χ1n) is 10.3. The summed E-state index contributed by atoms with van der Waals surface area (Å²) in [6.45, 7) is 3.66. The standard InChI is InChI=1S/C21H24N4O4/c26-17-5-4-16(18(27)23-17)25-19(28)14-3-2-13(10-15(14)20(25)29)11-24-9-8-22-12-21(24)6-1-7-21/h2-3,10,16,22H,1,4-9,11-12H2,(H,23,26,27). The lowest BCUT2D eigenvalue weighted by atomic mass is 9.74. The zero-order valence-corrected chi connectivity index (χ0v) is 16.2. The van der Waals surface area contributed by atoms with Crippen molar-refractivity contribution in [1.82, 2.24) is 20.4 Å². The van der Waals surface area contributed by atoms with Gasteiger partial charge in [0, 0.05) is 38.1 Å². The minimum absolute atomic E-state index is 0.125. The van der Waals surface area contributed by atoms with Crippen LogP contribution in [0, 0.1) is 0 Å². The van der Waals surface area contributed by atoms with E-state index < -0.39 is 23.8 Å². The maximum atomic E-state index is 13.0. The minimum atomic E-state index is -0.921. The molecule has 4 aliphatic rings. The van der Waals surface area contributed by atoms with E-state index in [9.17, 15) is 19.2 Å². The van der Waals surface area contributed by atoms with Crippen LogP contribution < -0.4 is 10.6 Å². The number of hydrogen-bond donors (Lipinski definition) is 2. The molecule has 4 amide bonds. The molecule has 2 saturated heterocycles. The average molecular weight is 396 g/mol. The average Bonchev–Trinajstić information content (AvgIpc) is 2.92. The molecule has 5 rings (SSSR count). The molecule has 0 bridgehead atoms. The molecule has 1 aromatic rings. The number of benzene rings is 1. The molecule has 0 radical (unpaired) electrons. The highest BCUT2D eigenvalue weighted by Crippen LogP contribution is 2.39. The number of nitrogens with one attached hydrogen (secondary N) is 2. The number of nitrogens with zero attached hydrogens (tertiary/aromatic N) is 2. The number of fused-ring (bicyclic) bond motifs is 1. The molecular weight excluding hydrogens is 372 g/mol. The molecule has 0 aromatic heterocycles. The van der Waals surface area contributed by atoms with Crippen LogP contribution in [0.4, 0.5) is 0 Å². The van der Waals surface area contributed by atoms with Crippen LogP contribution in [0.3, 0.4) is 0 Å². The molecule has 3 aliphatic heterocycles. The lowest BCUT2D eigenvalue weighted by molar-refractivity contribution is -0.136. The number of rotatable bonds is 3. The van der Waals surface area contributed by atoms with Crippen molar-refractivity contribution < 1.29 is 19.2 Å². The predicted octanol–water partition coefficient (Wildman–Crippen LogP) is 0.416. The Morgan fingerprint density at radius 3 is 2.59 bits per heavy atom. The molecule has 1 spiro atoms. The highest BCUT2D eigenvalue weighted by Gasteiger charge is 2.46. The van der Waals surface area contributed by atoms with Crippen molar-refractivity contribution in [3.05, 3.63) is 34.9 Å². The van der Waals surface area contributed by atoms with Gasteiger partial charge in [-0.2, -0.15) is 0 Å². The summed E-state index contributed by atoms with van der Waals surface area (Å²) in [5, 5.41) is 5.71. The first-order chi connectivity index (χ1) is 14.0. The summed E-state index contributed by atoms with van der Waals surface area (Å²) in [4.78, 5) is 52.9. The Kier molecular flexibility index (Phi) is 4.29. The highest BCUT2D eigenvalue weighted by atomic mass is 16.2. The van der Waals surface area contributed by atoms with Crippen molar-refractivity contribution in [2.45, 2.75) is 50.2 Å². The lowest BCUT2D eigenvalue weighted by Crippen LogP contribution is -2.64. The summed E-state index contributed by atoms with van der Waals surface area (Å²) in [5.41, 5.74) is 1.91. The Balaban J connectivity index is 1.38. The van der Waals surface area contributed by atoms with Gasteiger partial charge in [0.15, 0.2) is 0 Å². The van der Waals surface area contributed by atoms with Gasteiger partial charge in [0.1, 0.15) is 6.04 Å². The van der Waals surface area contributed by atoms with Gasteiger partial charge in [-0.15, -0.1) is 0 Å². The molecule has 8 nitrogen and oxygen atoms in total. The minimum Gasteiger partial charge on any atom is -0.314 e. The third-order valence-corrected chi connectivity index (χ3v) is 6.85. The second kappa shape index (κ2) is 6.74. The molecule has 152 valence electrons. The van der Waals surface area contributed by atoms with E-state index >= 15 is 0 Å². The summed E-state index contributed by atoms with van der Waals surface area (Å²) in [7, 11) is 0. The number of amides is 4. The third-order valence-electron chi connectivity index (χ3n) is 6.85. The van der Waals surface area contributed by atoms with Crippen LogP contribution in [0.5, 0.6) is 0 Å². The van der Waals surface area contributed by atoms with E-state index in [0.29, 0.717) is 11.1 Å². The summed E-state index contributed by atoms with van der Waals surface area (Å²) in [5.74, 6) is -1.85. The van der Waals surface area contributed by atoms with Gasteiger partial charge in [-0.05, 0) is 43.4 Å². The first kappa shape index (κ1) is 18.4. The molecule has 29 heavy (non-hydrogen) atoms. The maximum absolute atomic E-state index is 13.0. The van der Waals surface area contributed by atoms with E-state index in [0.717, 1.165) is 36.6 Å². The van der Waals surface area contributed by atoms with Crippen molar-refractivity contribution in [3.63, 3.8) is 0 Å². The number of imide groups is 2. The summed E-state index contributed by atoms with van der Waals surface area (Å²) >= 11 is 0. The molecular formula is C21H24N4O4. The fraction of sp³-hybridized carbons (Fsp3) is 0.524. The van der Waals surface area contributed by atoms with E-state index in [2.05, 4.69) is 15.5 Å². The van der Waals surface area contributed by atoms with Crippen molar-refractivity contribution in [2.75, 3.05) is 19.6 Å². The molecule has 1 aliphatic carbocycles. The van der Waals surface area contributed by atoms with Crippen molar-refractivity contribution >= 4 is 23.6 Å². The Morgan fingerprint density at radius 2 is 1.86 bits per heavy atom. The number of piperazine rings is 1. The zero-order valence-electron chi connectivity index (χ0n) is 16.2. The largest absolute Gasteiger partial charge is 0.314 e. The van der Waals surface area contributed by atoms with E-state index in [-0.39, 0.29) is 24.3 Å². The lowest BCUT2D eigenvalue weighted by Gasteiger charge is -2.53. The molecule has 3 fully saturated rings. The topological polar surface area (TPSA) is 98.8 Å². The van der Waals surface area contributed by atoms with Crippen LogP contribution >= 0.6 is 0 Å². The Hall–Kier alpha value is -2.58. The van der Waals surface area contributed by atoms with E-state index in [1.807, 2.05) is 6.07 Å². The van der Waals surface area contributed by atoms with Crippen LogP contribution in [-0.4, -0.2) is 64.6 Å². The van der Waals surface area contributed by atoms with E-state index in [1.54, 1.807) is 12.1 Å². The highest BCUT2D eigenvalue weighted by molar-refractivity contribution is 6.23. The van der Waals surface area contributed by atoms with Gasteiger partial charge in [-0.1, -0.05) is 6.07 Å². The predicted molar refractivity (Wildman–Crippen MR) is 103 cm³/mol. The normalized spacial score (nSPS) is 26.5. The van der Waals surface area contributed by atoms with Gasteiger partial charge in [0.05, 0.1) is 11.1 Å². The molecule has 1 saturated carbocycles. The monoisotopic (exact) mass is 396 g/mol. The zero-order chi connectivity index (χ0) is 20.2. The molecule has 2 N–H and O–H groups in total. The van der Waals surface area contributed by atoms with Crippen molar-refractivity contribution in [3.8, 4) is 0 Å². The summed E-state index contributed by atoms with van der Waals surface area (Å²) in [6.07, 6.45) is 3.92. The molecule has 1 unspecified atom stereocenters. The third kappa shape index (κ3) is 2.89. The van der Waals surface area contributed by atoms with Crippen LogP contribution in [0.15, 0.2) is 18.2 Å². The Labute approximate surface area is 168 Å².